The third-order valence-corrected chi connectivity index (χ3v) is 5.16. The Morgan fingerprint density at radius 1 is 1.00 bits per heavy atom. The molecule has 2 unspecified atom stereocenters. The van der Waals surface area contributed by atoms with Gasteiger partial charge in [0.1, 0.15) is 0 Å². The SMILES string of the molecule is NC1CC2CCCC(C1)N2CCCN1CCOCC1. The van der Waals surface area contributed by atoms with E-state index in [4.69, 9.17) is 10.5 Å². The Bertz CT molecular complexity index is 267. The van der Waals surface area contributed by atoms with Crippen LogP contribution in [0.25, 0.3) is 0 Å². The van der Waals surface area contributed by atoms with E-state index >= 15 is 0 Å². The van der Waals surface area contributed by atoms with Crippen LogP contribution in [0, 0.1) is 0 Å². The summed E-state index contributed by atoms with van der Waals surface area (Å²) in [4.78, 5) is 5.34. The van der Waals surface area contributed by atoms with Crippen molar-refractivity contribution in [3.63, 3.8) is 0 Å². The van der Waals surface area contributed by atoms with Crippen molar-refractivity contribution in [2.75, 3.05) is 39.4 Å². The molecule has 2 bridgehead atoms. The second-order valence-electron chi connectivity index (χ2n) is 6.52. The number of fused-ring (bicyclic) bond motifs is 2. The summed E-state index contributed by atoms with van der Waals surface area (Å²) in [5.41, 5.74) is 6.18. The van der Waals surface area contributed by atoms with E-state index in [2.05, 4.69) is 9.80 Å². The Kier molecular flexibility index (Phi) is 4.74. The predicted octanol–water partition coefficient (Wildman–Crippen LogP) is 1.05. The highest BCUT2D eigenvalue weighted by Crippen LogP contribution is 2.33. The molecule has 0 amide bonds. The molecule has 0 radical (unpaired) electrons. The Morgan fingerprint density at radius 2 is 1.68 bits per heavy atom. The van der Waals surface area contributed by atoms with E-state index in [0.29, 0.717) is 6.04 Å². The Morgan fingerprint density at radius 3 is 2.37 bits per heavy atom. The summed E-state index contributed by atoms with van der Waals surface area (Å²) in [5, 5.41) is 0. The quantitative estimate of drug-likeness (QED) is 0.827. The average molecular weight is 267 g/mol. The van der Waals surface area contributed by atoms with Crippen LogP contribution in [-0.2, 0) is 4.74 Å². The average Bonchev–Trinajstić information content (AvgIpc) is 2.40. The number of piperidine rings is 2. The van der Waals surface area contributed by atoms with Gasteiger partial charge < -0.3 is 10.5 Å². The smallest absolute Gasteiger partial charge is 0.0594 e. The van der Waals surface area contributed by atoms with Crippen molar-refractivity contribution in [2.45, 2.75) is 56.7 Å². The first kappa shape index (κ1) is 13.8. The number of hydrogen-bond acceptors (Lipinski definition) is 4. The normalized spacial score (nSPS) is 37.4. The minimum atomic E-state index is 0.464. The molecule has 0 spiro atoms. The van der Waals surface area contributed by atoms with Crippen LogP contribution in [0.15, 0.2) is 0 Å². The fourth-order valence-electron chi connectivity index (χ4n) is 4.19. The zero-order valence-electron chi connectivity index (χ0n) is 12.1. The zero-order chi connectivity index (χ0) is 13.1. The third kappa shape index (κ3) is 3.48. The van der Waals surface area contributed by atoms with Gasteiger partial charge in [-0.05, 0) is 45.2 Å². The van der Waals surface area contributed by atoms with Crippen LogP contribution in [0.3, 0.4) is 0 Å². The van der Waals surface area contributed by atoms with Gasteiger partial charge in [-0.15, -0.1) is 0 Å². The molecule has 0 aromatic rings. The molecule has 0 aromatic heterocycles. The van der Waals surface area contributed by atoms with E-state index in [1.54, 1.807) is 0 Å². The first-order valence-electron chi connectivity index (χ1n) is 8.14. The van der Waals surface area contributed by atoms with Crippen molar-refractivity contribution < 1.29 is 4.74 Å². The fourth-order valence-corrected chi connectivity index (χ4v) is 4.19. The summed E-state index contributed by atoms with van der Waals surface area (Å²) in [6.07, 6.45) is 7.94. The van der Waals surface area contributed by atoms with Gasteiger partial charge in [-0.3, -0.25) is 9.80 Å². The van der Waals surface area contributed by atoms with Crippen LogP contribution in [0.2, 0.25) is 0 Å². The number of ether oxygens (including phenoxy) is 1. The minimum Gasteiger partial charge on any atom is -0.379 e. The van der Waals surface area contributed by atoms with Gasteiger partial charge in [0.05, 0.1) is 13.2 Å². The van der Waals surface area contributed by atoms with Crippen molar-refractivity contribution in [3.05, 3.63) is 0 Å². The van der Waals surface area contributed by atoms with Gasteiger partial charge >= 0.3 is 0 Å². The number of rotatable bonds is 4. The molecule has 2 N–H and O–H groups in total. The predicted molar refractivity (Wildman–Crippen MR) is 77.2 cm³/mol. The maximum absolute atomic E-state index is 6.18. The molecule has 0 aliphatic carbocycles. The third-order valence-electron chi connectivity index (χ3n) is 5.16. The van der Waals surface area contributed by atoms with Crippen molar-refractivity contribution in [2.24, 2.45) is 5.73 Å². The Hall–Kier alpha value is -0.160. The van der Waals surface area contributed by atoms with Gasteiger partial charge in [0, 0.05) is 31.2 Å². The number of nitrogens with zero attached hydrogens (tertiary/aromatic N) is 2. The highest BCUT2D eigenvalue weighted by Gasteiger charge is 2.36. The summed E-state index contributed by atoms with van der Waals surface area (Å²) in [5.74, 6) is 0. The molecule has 3 rings (SSSR count). The number of hydrogen-bond donors (Lipinski definition) is 1. The van der Waals surface area contributed by atoms with Gasteiger partial charge in [0.25, 0.3) is 0 Å². The highest BCUT2D eigenvalue weighted by molar-refractivity contribution is 4.93. The lowest BCUT2D eigenvalue weighted by atomic mass is 9.82. The maximum Gasteiger partial charge on any atom is 0.0594 e. The van der Waals surface area contributed by atoms with E-state index in [0.717, 1.165) is 38.4 Å². The van der Waals surface area contributed by atoms with Crippen LogP contribution in [-0.4, -0.2) is 67.3 Å². The highest BCUT2D eigenvalue weighted by atomic mass is 16.5. The lowest BCUT2D eigenvalue weighted by Gasteiger charge is -2.48. The van der Waals surface area contributed by atoms with E-state index < -0.39 is 0 Å². The molecule has 3 heterocycles. The second kappa shape index (κ2) is 6.53. The molecule has 19 heavy (non-hydrogen) atoms. The summed E-state index contributed by atoms with van der Waals surface area (Å²) >= 11 is 0. The van der Waals surface area contributed by atoms with Crippen molar-refractivity contribution in [1.82, 2.24) is 9.80 Å². The van der Waals surface area contributed by atoms with Gasteiger partial charge in [0.2, 0.25) is 0 Å². The van der Waals surface area contributed by atoms with E-state index in [1.807, 2.05) is 0 Å². The standard InChI is InChI=1S/C15H29N3O/c16-13-11-14-3-1-4-15(12-13)18(14)6-2-5-17-7-9-19-10-8-17/h13-15H,1-12,16H2. The number of morpholine rings is 1. The van der Waals surface area contributed by atoms with Crippen molar-refractivity contribution in [1.29, 1.82) is 0 Å². The summed E-state index contributed by atoms with van der Waals surface area (Å²) in [7, 11) is 0. The van der Waals surface area contributed by atoms with Gasteiger partial charge in [-0.2, -0.15) is 0 Å². The molecule has 2 atom stereocenters. The molecule has 0 saturated carbocycles. The lowest BCUT2D eigenvalue weighted by Crippen LogP contribution is -2.55. The molecule has 110 valence electrons. The van der Waals surface area contributed by atoms with Crippen LogP contribution >= 0.6 is 0 Å². The largest absolute Gasteiger partial charge is 0.379 e. The molecule has 3 aliphatic rings. The van der Waals surface area contributed by atoms with E-state index in [9.17, 15) is 0 Å². The lowest BCUT2D eigenvalue weighted by molar-refractivity contribution is 0.0167. The number of nitrogens with two attached hydrogens (primary N) is 1. The molecule has 3 fully saturated rings. The molecular formula is C15H29N3O. The van der Waals surface area contributed by atoms with Crippen molar-refractivity contribution >= 4 is 0 Å². The molecule has 4 heteroatoms. The van der Waals surface area contributed by atoms with E-state index in [-0.39, 0.29) is 0 Å². The molecule has 0 aromatic carbocycles. The summed E-state index contributed by atoms with van der Waals surface area (Å²) < 4.78 is 5.40. The van der Waals surface area contributed by atoms with Crippen molar-refractivity contribution in [3.8, 4) is 0 Å². The Balaban J connectivity index is 1.44. The van der Waals surface area contributed by atoms with E-state index in [1.165, 1.54) is 51.6 Å². The second-order valence-corrected chi connectivity index (χ2v) is 6.52. The summed E-state index contributed by atoms with van der Waals surface area (Å²) in [6, 6.07) is 2.03. The maximum atomic E-state index is 6.18. The topological polar surface area (TPSA) is 41.7 Å². The first-order chi connectivity index (χ1) is 9.33. The Labute approximate surface area is 117 Å². The minimum absolute atomic E-state index is 0.464. The van der Waals surface area contributed by atoms with Gasteiger partial charge in [-0.25, -0.2) is 0 Å². The molecule has 3 saturated heterocycles. The van der Waals surface area contributed by atoms with Gasteiger partial charge in [0.15, 0.2) is 0 Å². The van der Waals surface area contributed by atoms with Crippen LogP contribution in [0.5, 0.6) is 0 Å². The van der Waals surface area contributed by atoms with Crippen LogP contribution in [0.1, 0.15) is 38.5 Å². The van der Waals surface area contributed by atoms with Crippen LogP contribution in [0.4, 0.5) is 0 Å². The molecule has 3 aliphatic heterocycles. The first-order valence-corrected chi connectivity index (χ1v) is 8.14. The fraction of sp³-hybridized carbons (Fsp3) is 1.00. The zero-order valence-corrected chi connectivity index (χ0v) is 12.1. The molecule has 4 nitrogen and oxygen atoms in total. The monoisotopic (exact) mass is 267 g/mol. The van der Waals surface area contributed by atoms with Gasteiger partial charge in [-0.1, -0.05) is 6.42 Å². The summed E-state index contributed by atoms with van der Waals surface area (Å²) in [6.45, 7) is 6.61. The molecular weight excluding hydrogens is 238 g/mol. The van der Waals surface area contributed by atoms with Crippen LogP contribution < -0.4 is 5.73 Å².